The zero-order valence-corrected chi connectivity index (χ0v) is 13.0. The van der Waals surface area contributed by atoms with Gasteiger partial charge in [-0.15, -0.1) is 0 Å². The van der Waals surface area contributed by atoms with Gasteiger partial charge >= 0.3 is 5.69 Å². The third-order valence-electron chi connectivity index (χ3n) is 4.27. The highest BCUT2D eigenvalue weighted by atomic mass is 19.1. The molecule has 1 aliphatic carbocycles. The van der Waals surface area contributed by atoms with Crippen LogP contribution in [0.3, 0.4) is 0 Å². The van der Waals surface area contributed by atoms with Crippen molar-refractivity contribution in [3.63, 3.8) is 0 Å². The van der Waals surface area contributed by atoms with Crippen LogP contribution >= 0.6 is 0 Å². The number of halogens is 1. The van der Waals surface area contributed by atoms with Crippen molar-refractivity contribution in [1.82, 2.24) is 15.3 Å². The van der Waals surface area contributed by atoms with Crippen molar-refractivity contribution >= 4 is 5.91 Å². The maximum atomic E-state index is 13.7. The van der Waals surface area contributed by atoms with E-state index in [2.05, 4.69) is 15.3 Å². The third kappa shape index (κ3) is 3.18. The lowest BCUT2D eigenvalue weighted by Crippen LogP contribution is -2.41. The Kier molecular flexibility index (Phi) is 4.39. The van der Waals surface area contributed by atoms with Crippen LogP contribution in [0.5, 0.6) is 5.75 Å². The highest BCUT2D eigenvalue weighted by molar-refractivity contribution is 5.92. The SMILES string of the molecule is COc1ccc(F)cc1[C@@H](NC(=O)c1c[nH]c(=O)[nH]1)C1CC(O)C1. The number of aliphatic hydroxyl groups is 1. The fourth-order valence-corrected chi connectivity index (χ4v) is 2.97. The largest absolute Gasteiger partial charge is 0.496 e. The van der Waals surface area contributed by atoms with Crippen molar-refractivity contribution in [2.45, 2.75) is 25.0 Å². The number of nitrogens with one attached hydrogen (secondary N) is 3. The molecule has 1 heterocycles. The van der Waals surface area contributed by atoms with Gasteiger partial charge in [-0.25, -0.2) is 9.18 Å². The molecule has 0 saturated heterocycles. The Morgan fingerprint density at radius 2 is 2.21 bits per heavy atom. The standard InChI is InChI=1S/C16H18FN3O4/c1-24-13-3-2-9(17)6-11(13)14(8-4-10(21)5-8)20-15(22)12-7-18-16(23)19-12/h2-3,6-8,10,14,21H,4-5H2,1H3,(H,20,22)(H2,18,19,23)/t8?,10?,14-/m0/s1. The number of hydrogen-bond acceptors (Lipinski definition) is 4. The van der Waals surface area contributed by atoms with Crippen molar-refractivity contribution < 1.29 is 19.0 Å². The Morgan fingerprint density at radius 1 is 1.46 bits per heavy atom. The molecule has 7 nitrogen and oxygen atoms in total. The number of H-pyrrole nitrogens is 2. The molecule has 2 aromatic rings. The number of benzene rings is 1. The Balaban J connectivity index is 1.91. The molecule has 1 amide bonds. The average Bonchev–Trinajstić information content (AvgIpc) is 2.96. The van der Waals surface area contributed by atoms with Gasteiger partial charge < -0.3 is 25.1 Å². The number of amides is 1. The van der Waals surface area contributed by atoms with Gasteiger partial charge in [0.1, 0.15) is 17.3 Å². The molecule has 1 fully saturated rings. The van der Waals surface area contributed by atoms with E-state index in [0.717, 1.165) is 0 Å². The summed E-state index contributed by atoms with van der Waals surface area (Å²) in [6.45, 7) is 0. The number of hydrogen-bond donors (Lipinski definition) is 4. The Labute approximate surface area is 136 Å². The third-order valence-corrected chi connectivity index (χ3v) is 4.27. The zero-order chi connectivity index (χ0) is 17.3. The van der Waals surface area contributed by atoms with Crippen LogP contribution in [0.25, 0.3) is 0 Å². The summed E-state index contributed by atoms with van der Waals surface area (Å²) in [7, 11) is 1.47. The van der Waals surface area contributed by atoms with Crippen LogP contribution in [0.2, 0.25) is 0 Å². The van der Waals surface area contributed by atoms with Crippen LogP contribution in [0, 0.1) is 11.7 Å². The Morgan fingerprint density at radius 3 is 2.79 bits per heavy atom. The summed E-state index contributed by atoms with van der Waals surface area (Å²) in [6.07, 6.45) is 1.83. The first-order valence-electron chi connectivity index (χ1n) is 7.58. The number of aliphatic hydroxyl groups excluding tert-OH is 1. The molecule has 8 heteroatoms. The molecule has 0 spiro atoms. The van der Waals surface area contributed by atoms with Crippen LogP contribution in [0.15, 0.2) is 29.2 Å². The summed E-state index contributed by atoms with van der Waals surface area (Å²) in [5, 5.41) is 12.4. The molecule has 1 aromatic heterocycles. The van der Waals surface area contributed by atoms with E-state index in [9.17, 15) is 19.1 Å². The monoisotopic (exact) mass is 335 g/mol. The van der Waals surface area contributed by atoms with E-state index in [-0.39, 0.29) is 11.6 Å². The molecule has 1 atom stereocenters. The van der Waals surface area contributed by atoms with E-state index in [1.807, 2.05) is 0 Å². The number of aromatic amines is 2. The molecule has 128 valence electrons. The van der Waals surface area contributed by atoms with Gasteiger partial charge in [-0.3, -0.25) is 4.79 Å². The van der Waals surface area contributed by atoms with Crippen molar-refractivity contribution in [2.24, 2.45) is 5.92 Å². The maximum Gasteiger partial charge on any atom is 0.323 e. The summed E-state index contributed by atoms with van der Waals surface area (Å²) in [5.74, 6) is -0.540. The van der Waals surface area contributed by atoms with Crippen molar-refractivity contribution in [1.29, 1.82) is 0 Å². The highest BCUT2D eigenvalue weighted by Gasteiger charge is 2.37. The topological polar surface area (TPSA) is 107 Å². The van der Waals surface area contributed by atoms with E-state index in [1.165, 1.54) is 31.5 Å². The van der Waals surface area contributed by atoms with Crippen LogP contribution in [0.4, 0.5) is 4.39 Å². The normalized spacial score (nSPS) is 21.0. The first-order valence-corrected chi connectivity index (χ1v) is 7.58. The van der Waals surface area contributed by atoms with Gasteiger partial charge in [0.05, 0.1) is 19.3 Å². The molecule has 1 aliphatic rings. The van der Waals surface area contributed by atoms with E-state index >= 15 is 0 Å². The first-order chi connectivity index (χ1) is 11.5. The van der Waals surface area contributed by atoms with Gasteiger partial charge in [0.15, 0.2) is 0 Å². The lowest BCUT2D eigenvalue weighted by atomic mass is 9.74. The minimum atomic E-state index is -0.537. The maximum absolute atomic E-state index is 13.7. The zero-order valence-electron chi connectivity index (χ0n) is 13.0. The number of aromatic nitrogens is 2. The molecule has 1 aromatic carbocycles. The summed E-state index contributed by atoms with van der Waals surface area (Å²) in [6, 6.07) is 3.55. The van der Waals surface area contributed by atoms with Gasteiger partial charge in [-0.2, -0.15) is 0 Å². The quantitative estimate of drug-likeness (QED) is 0.656. The molecule has 0 radical (unpaired) electrons. The molecule has 24 heavy (non-hydrogen) atoms. The second kappa shape index (κ2) is 6.48. The molecule has 4 N–H and O–H groups in total. The fourth-order valence-electron chi connectivity index (χ4n) is 2.97. The molecular formula is C16H18FN3O4. The minimum Gasteiger partial charge on any atom is -0.496 e. The Bertz CT molecular complexity index is 795. The van der Waals surface area contributed by atoms with Gasteiger partial charge in [-0.1, -0.05) is 0 Å². The van der Waals surface area contributed by atoms with Crippen molar-refractivity contribution in [3.05, 3.63) is 52.0 Å². The second-order valence-electron chi connectivity index (χ2n) is 5.88. The summed E-state index contributed by atoms with van der Waals surface area (Å²) >= 11 is 0. The van der Waals surface area contributed by atoms with E-state index in [0.29, 0.717) is 24.2 Å². The molecule has 0 aliphatic heterocycles. The van der Waals surface area contributed by atoms with Crippen LogP contribution in [-0.4, -0.2) is 34.2 Å². The fraction of sp³-hybridized carbons (Fsp3) is 0.375. The predicted octanol–water partition coefficient (Wildman–Crippen LogP) is 1.09. The van der Waals surface area contributed by atoms with Crippen LogP contribution in [0.1, 0.15) is 34.9 Å². The van der Waals surface area contributed by atoms with Crippen LogP contribution < -0.4 is 15.7 Å². The highest BCUT2D eigenvalue weighted by Crippen LogP contribution is 2.41. The number of carbonyl (C=O) groups excluding carboxylic acids is 1. The lowest BCUT2D eigenvalue weighted by Gasteiger charge is -2.38. The first kappa shape index (κ1) is 16.3. The van der Waals surface area contributed by atoms with E-state index in [4.69, 9.17) is 4.74 Å². The van der Waals surface area contributed by atoms with Gasteiger partial charge in [0.2, 0.25) is 0 Å². The molecule has 3 rings (SSSR count). The van der Waals surface area contributed by atoms with Gasteiger partial charge in [0, 0.05) is 11.8 Å². The minimum absolute atomic E-state index is 0.0506. The van der Waals surface area contributed by atoms with E-state index < -0.39 is 29.6 Å². The van der Waals surface area contributed by atoms with Crippen LogP contribution in [-0.2, 0) is 0 Å². The number of ether oxygens (including phenoxy) is 1. The van der Waals surface area contributed by atoms with Gasteiger partial charge in [0.25, 0.3) is 5.91 Å². The number of rotatable bonds is 5. The van der Waals surface area contributed by atoms with Gasteiger partial charge in [-0.05, 0) is 37.0 Å². The lowest BCUT2D eigenvalue weighted by molar-refractivity contribution is 0.0230. The predicted molar refractivity (Wildman–Crippen MR) is 83.3 cm³/mol. The molecule has 0 bridgehead atoms. The second-order valence-corrected chi connectivity index (χ2v) is 5.88. The molecule has 1 saturated carbocycles. The summed E-state index contributed by atoms with van der Waals surface area (Å²) in [4.78, 5) is 28.2. The van der Waals surface area contributed by atoms with Crippen molar-refractivity contribution in [2.75, 3.05) is 7.11 Å². The Hall–Kier alpha value is -2.61. The molecule has 0 unspecified atom stereocenters. The number of methoxy groups -OCH3 is 1. The summed E-state index contributed by atoms with van der Waals surface area (Å²) < 4.78 is 19.0. The van der Waals surface area contributed by atoms with Crippen molar-refractivity contribution in [3.8, 4) is 5.75 Å². The number of imidazole rings is 1. The number of carbonyl (C=O) groups is 1. The molecular weight excluding hydrogens is 317 g/mol. The summed E-state index contributed by atoms with van der Waals surface area (Å²) in [5.41, 5.74) is 0.0972. The average molecular weight is 335 g/mol. The smallest absolute Gasteiger partial charge is 0.323 e. The van der Waals surface area contributed by atoms with E-state index in [1.54, 1.807) is 0 Å².